The molecule has 0 aliphatic heterocycles. The second kappa shape index (κ2) is 5.70. The third kappa shape index (κ3) is 2.16. The van der Waals surface area contributed by atoms with E-state index in [1.807, 2.05) is 42.5 Å². The molecule has 6 nitrogen and oxygen atoms in total. The molecular formula is C20H15N5O. The minimum Gasteiger partial charge on any atom is -0.497 e. The van der Waals surface area contributed by atoms with Gasteiger partial charge in [0.2, 0.25) is 0 Å². The molecule has 126 valence electrons. The normalized spacial score (nSPS) is 11.3. The van der Waals surface area contributed by atoms with Crippen LogP contribution in [0.4, 0.5) is 0 Å². The van der Waals surface area contributed by atoms with E-state index in [0.717, 1.165) is 39.2 Å². The van der Waals surface area contributed by atoms with E-state index in [-0.39, 0.29) is 0 Å². The van der Waals surface area contributed by atoms with Crippen molar-refractivity contribution in [2.75, 3.05) is 7.11 Å². The van der Waals surface area contributed by atoms with Crippen molar-refractivity contribution in [1.82, 2.24) is 24.1 Å². The van der Waals surface area contributed by atoms with Gasteiger partial charge in [0.05, 0.1) is 12.5 Å². The van der Waals surface area contributed by atoms with Crippen molar-refractivity contribution in [2.45, 2.75) is 0 Å². The van der Waals surface area contributed by atoms with Crippen LogP contribution in [0.3, 0.4) is 0 Å². The molecule has 0 radical (unpaired) electrons. The number of fused-ring (bicyclic) bond motifs is 3. The van der Waals surface area contributed by atoms with Gasteiger partial charge in [0, 0.05) is 17.4 Å². The highest BCUT2D eigenvalue weighted by Crippen LogP contribution is 2.34. The highest BCUT2D eigenvalue weighted by atomic mass is 16.5. The molecule has 0 unspecified atom stereocenters. The topological polar surface area (TPSA) is 57.2 Å². The first-order valence-corrected chi connectivity index (χ1v) is 8.24. The Hall–Kier alpha value is -3.67. The summed E-state index contributed by atoms with van der Waals surface area (Å²) in [6, 6.07) is 18.2. The summed E-state index contributed by atoms with van der Waals surface area (Å²) in [6.45, 7) is 0. The van der Waals surface area contributed by atoms with Crippen molar-refractivity contribution in [3.05, 3.63) is 73.4 Å². The molecule has 0 N–H and O–H groups in total. The predicted octanol–water partition coefficient (Wildman–Crippen LogP) is 3.74. The summed E-state index contributed by atoms with van der Waals surface area (Å²) in [7, 11) is 1.67. The number of rotatable bonds is 3. The number of hydrogen-bond donors (Lipinski definition) is 0. The smallest absolute Gasteiger partial charge is 0.168 e. The van der Waals surface area contributed by atoms with Crippen LogP contribution in [0.25, 0.3) is 33.5 Å². The number of para-hydroxylation sites is 1. The Morgan fingerprint density at radius 2 is 1.69 bits per heavy atom. The van der Waals surface area contributed by atoms with Crippen LogP contribution >= 0.6 is 0 Å². The summed E-state index contributed by atoms with van der Waals surface area (Å²) in [4.78, 5) is 9.08. The van der Waals surface area contributed by atoms with E-state index >= 15 is 0 Å². The van der Waals surface area contributed by atoms with E-state index < -0.39 is 0 Å². The van der Waals surface area contributed by atoms with Crippen molar-refractivity contribution in [3.8, 4) is 22.6 Å². The van der Waals surface area contributed by atoms with E-state index in [9.17, 15) is 0 Å². The first-order valence-electron chi connectivity index (χ1n) is 8.24. The van der Waals surface area contributed by atoms with E-state index in [0.29, 0.717) is 0 Å². The third-order valence-electron chi connectivity index (χ3n) is 4.50. The van der Waals surface area contributed by atoms with Crippen LogP contribution in [0.5, 0.6) is 5.75 Å². The molecule has 0 saturated heterocycles. The lowest BCUT2D eigenvalue weighted by Crippen LogP contribution is -1.96. The summed E-state index contributed by atoms with van der Waals surface area (Å²) < 4.78 is 9.07. The van der Waals surface area contributed by atoms with Gasteiger partial charge in [-0.25, -0.2) is 14.5 Å². The molecule has 0 spiro atoms. The first-order chi connectivity index (χ1) is 12.8. The predicted molar refractivity (Wildman–Crippen MR) is 99.6 cm³/mol. The molecule has 5 aromatic rings. The Bertz CT molecular complexity index is 1210. The Balaban J connectivity index is 1.85. The zero-order valence-corrected chi connectivity index (χ0v) is 14.1. The fourth-order valence-corrected chi connectivity index (χ4v) is 3.24. The van der Waals surface area contributed by atoms with Gasteiger partial charge in [0.25, 0.3) is 0 Å². The van der Waals surface area contributed by atoms with E-state index in [4.69, 9.17) is 4.74 Å². The van der Waals surface area contributed by atoms with Gasteiger partial charge in [0.1, 0.15) is 18.4 Å². The van der Waals surface area contributed by atoms with E-state index in [2.05, 4.69) is 38.0 Å². The van der Waals surface area contributed by atoms with Gasteiger partial charge in [-0.3, -0.25) is 0 Å². The maximum Gasteiger partial charge on any atom is 0.168 e. The fraction of sp³-hybridized carbons (Fsp3) is 0.0500. The Morgan fingerprint density at radius 3 is 2.46 bits per heavy atom. The Morgan fingerprint density at radius 1 is 0.885 bits per heavy atom. The van der Waals surface area contributed by atoms with Crippen LogP contribution in [0.2, 0.25) is 0 Å². The van der Waals surface area contributed by atoms with Crippen molar-refractivity contribution in [3.63, 3.8) is 0 Å². The highest BCUT2D eigenvalue weighted by molar-refractivity contribution is 6.03. The van der Waals surface area contributed by atoms with Crippen molar-refractivity contribution in [1.29, 1.82) is 0 Å². The third-order valence-corrected chi connectivity index (χ3v) is 4.50. The Kier molecular flexibility index (Phi) is 3.21. The number of hydrogen-bond acceptors (Lipinski definition) is 4. The van der Waals surface area contributed by atoms with Gasteiger partial charge in [-0.15, -0.1) is 0 Å². The SMILES string of the molecule is COc1ccc(-c2cn(-c3ccccc3)c3ncn4ncnc4c23)cc1. The van der Waals surface area contributed by atoms with Gasteiger partial charge in [-0.05, 0) is 29.8 Å². The molecule has 0 bridgehead atoms. The number of aromatic nitrogens is 5. The average molecular weight is 341 g/mol. The largest absolute Gasteiger partial charge is 0.497 e. The zero-order valence-electron chi connectivity index (χ0n) is 14.1. The fourth-order valence-electron chi connectivity index (χ4n) is 3.24. The van der Waals surface area contributed by atoms with Gasteiger partial charge in [-0.1, -0.05) is 30.3 Å². The van der Waals surface area contributed by atoms with Gasteiger partial charge < -0.3 is 9.30 Å². The summed E-state index contributed by atoms with van der Waals surface area (Å²) in [5.74, 6) is 0.825. The van der Waals surface area contributed by atoms with Crippen LogP contribution in [-0.4, -0.2) is 31.3 Å². The number of nitrogens with zero attached hydrogens (tertiary/aromatic N) is 5. The van der Waals surface area contributed by atoms with Gasteiger partial charge in [0.15, 0.2) is 11.3 Å². The van der Waals surface area contributed by atoms with Gasteiger partial charge >= 0.3 is 0 Å². The van der Waals surface area contributed by atoms with Crippen LogP contribution in [0.15, 0.2) is 73.4 Å². The van der Waals surface area contributed by atoms with Crippen LogP contribution in [0, 0.1) is 0 Å². The quantitative estimate of drug-likeness (QED) is 0.501. The number of benzene rings is 2. The zero-order chi connectivity index (χ0) is 17.5. The van der Waals surface area contributed by atoms with E-state index in [1.165, 1.54) is 0 Å². The van der Waals surface area contributed by atoms with Crippen LogP contribution in [-0.2, 0) is 0 Å². The van der Waals surface area contributed by atoms with Gasteiger partial charge in [-0.2, -0.15) is 5.10 Å². The lowest BCUT2D eigenvalue weighted by atomic mass is 10.1. The molecular weight excluding hydrogens is 326 g/mol. The summed E-state index contributed by atoms with van der Waals surface area (Å²) in [5.41, 5.74) is 4.81. The summed E-state index contributed by atoms with van der Waals surface area (Å²) in [5, 5.41) is 5.20. The highest BCUT2D eigenvalue weighted by Gasteiger charge is 2.17. The first kappa shape index (κ1) is 14.7. The molecule has 0 amide bonds. The molecule has 3 heterocycles. The van der Waals surface area contributed by atoms with Crippen LogP contribution < -0.4 is 4.74 Å². The summed E-state index contributed by atoms with van der Waals surface area (Å²) in [6.07, 6.45) is 5.35. The summed E-state index contributed by atoms with van der Waals surface area (Å²) >= 11 is 0. The molecule has 0 aliphatic carbocycles. The molecule has 5 rings (SSSR count). The Labute approximate surface area is 149 Å². The minimum absolute atomic E-state index is 0.787. The second-order valence-electron chi connectivity index (χ2n) is 5.95. The molecule has 0 saturated carbocycles. The maximum absolute atomic E-state index is 5.28. The van der Waals surface area contributed by atoms with E-state index in [1.54, 1.807) is 24.3 Å². The average Bonchev–Trinajstić information content (AvgIpc) is 3.33. The molecule has 3 aromatic heterocycles. The molecule has 0 fully saturated rings. The van der Waals surface area contributed by atoms with Crippen molar-refractivity contribution < 1.29 is 4.74 Å². The second-order valence-corrected chi connectivity index (χ2v) is 5.95. The van der Waals surface area contributed by atoms with Crippen molar-refractivity contribution >= 4 is 16.7 Å². The lowest BCUT2D eigenvalue weighted by Gasteiger charge is -2.03. The monoisotopic (exact) mass is 341 g/mol. The molecule has 0 atom stereocenters. The molecule has 26 heavy (non-hydrogen) atoms. The maximum atomic E-state index is 5.28. The van der Waals surface area contributed by atoms with Crippen LogP contribution in [0.1, 0.15) is 0 Å². The lowest BCUT2D eigenvalue weighted by molar-refractivity contribution is 0.415. The van der Waals surface area contributed by atoms with Crippen molar-refractivity contribution in [2.24, 2.45) is 0 Å². The standard InChI is InChI=1S/C20H15N5O/c1-26-16-9-7-14(8-10-16)17-11-24(15-5-3-2-4-6-15)19-18(17)20-21-12-23-25(20)13-22-19/h2-13H,1H3. The number of ether oxygens (including phenoxy) is 1. The number of methoxy groups -OCH3 is 1. The minimum atomic E-state index is 0.787. The molecule has 0 aliphatic rings. The molecule has 2 aromatic carbocycles. The molecule has 6 heteroatoms.